The number of benzene rings is 2. The Morgan fingerprint density at radius 3 is 2.65 bits per heavy atom. The number of hydrogen-bond acceptors (Lipinski definition) is 9. The fraction of sp³-hybridized carbons (Fsp3) is 0.267. The standard InChI is InChI=1S/C30H26F3N5O5/c1-16-35-25-21-5-2-3-7-23(21)42-26(25)27(36-16)38-15-17(13-22(38)29(40)41)14-24(39)37-19-10-8-18(9-11-19)20-6-4-12-34-28(20)43-30(31,32)33/h2-12,17,22,24,37,39H,13-15H2,1H3,(H,40,41)/t17-,22+,24?/m1/s1. The summed E-state index contributed by atoms with van der Waals surface area (Å²) in [6.45, 7) is 2.06. The van der Waals surface area contributed by atoms with E-state index in [4.69, 9.17) is 4.42 Å². The Kier molecular flexibility index (Phi) is 7.26. The maximum atomic E-state index is 12.8. The van der Waals surface area contributed by atoms with Crippen LogP contribution in [0.4, 0.5) is 24.7 Å². The van der Waals surface area contributed by atoms with Gasteiger partial charge in [0.25, 0.3) is 0 Å². The molecule has 2 aromatic carbocycles. The van der Waals surface area contributed by atoms with E-state index in [1.54, 1.807) is 36.1 Å². The maximum Gasteiger partial charge on any atom is 0.574 e. The number of para-hydroxylation sites is 1. The Morgan fingerprint density at radius 2 is 1.91 bits per heavy atom. The van der Waals surface area contributed by atoms with E-state index in [0.717, 1.165) is 5.39 Å². The minimum atomic E-state index is -4.88. The molecule has 4 heterocycles. The normalized spacial score (nSPS) is 17.8. The van der Waals surface area contributed by atoms with Crippen LogP contribution < -0.4 is 15.0 Å². The molecule has 1 fully saturated rings. The number of aliphatic carboxylic acids is 1. The van der Waals surface area contributed by atoms with E-state index in [1.807, 2.05) is 24.3 Å². The zero-order valence-corrected chi connectivity index (χ0v) is 22.7. The zero-order chi connectivity index (χ0) is 30.3. The number of furan rings is 1. The monoisotopic (exact) mass is 593 g/mol. The fourth-order valence-electron chi connectivity index (χ4n) is 5.56. The van der Waals surface area contributed by atoms with Crippen molar-refractivity contribution >= 4 is 39.5 Å². The smallest absolute Gasteiger partial charge is 0.480 e. The number of rotatable bonds is 8. The number of halogens is 3. The van der Waals surface area contributed by atoms with Crippen LogP contribution in [-0.2, 0) is 4.79 Å². The first-order valence-electron chi connectivity index (χ1n) is 13.5. The first kappa shape index (κ1) is 28.2. The van der Waals surface area contributed by atoms with Crippen molar-refractivity contribution in [3.8, 4) is 17.0 Å². The van der Waals surface area contributed by atoms with Crippen LogP contribution in [0.2, 0.25) is 0 Å². The summed E-state index contributed by atoms with van der Waals surface area (Å²) >= 11 is 0. The van der Waals surface area contributed by atoms with Crippen molar-refractivity contribution in [3.05, 3.63) is 72.7 Å². The van der Waals surface area contributed by atoms with Crippen LogP contribution in [0.25, 0.3) is 33.2 Å². The largest absolute Gasteiger partial charge is 0.574 e. The molecule has 0 saturated carbocycles. The molecular weight excluding hydrogens is 567 g/mol. The lowest BCUT2D eigenvalue weighted by molar-refractivity contribution is -0.275. The SMILES string of the molecule is Cc1nc(N2C[C@@H](CC(O)Nc3ccc(-c4cccnc4OC(F)(F)F)cc3)C[C@H]2C(=O)O)c2oc3ccccc3c2n1. The summed E-state index contributed by atoms with van der Waals surface area (Å²) in [5.41, 5.74) is 2.78. The number of aromatic nitrogens is 3. The van der Waals surface area contributed by atoms with Gasteiger partial charge in [0.15, 0.2) is 11.4 Å². The van der Waals surface area contributed by atoms with Crippen molar-refractivity contribution in [1.82, 2.24) is 15.0 Å². The average Bonchev–Trinajstić information content (AvgIpc) is 3.54. The van der Waals surface area contributed by atoms with E-state index in [1.165, 1.54) is 18.3 Å². The number of anilines is 2. The van der Waals surface area contributed by atoms with Crippen LogP contribution in [0.3, 0.4) is 0 Å². The molecule has 3 N–H and O–H groups in total. The number of carbonyl (C=O) groups is 1. The molecule has 1 saturated heterocycles. The molecule has 0 bridgehead atoms. The van der Waals surface area contributed by atoms with Gasteiger partial charge in [-0.05, 0) is 67.6 Å². The highest BCUT2D eigenvalue weighted by molar-refractivity contribution is 6.06. The Hall–Kier alpha value is -4.91. The van der Waals surface area contributed by atoms with Crippen LogP contribution >= 0.6 is 0 Å². The van der Waals surface area contributed by atoms with Gasteiger partial charge in [0.2, 0.25) is 5.88 Å². The van der Waals surface area contributed by atoms with Crippen molar-refractivity contribution in [2.24, 2.45) is 5.92 Å². The molecule has 3 aromatic heterocycles. The first-order chi connectivity index (χ1) is 20.6. The second-order valence-electron chi connectivity index (χ2n) is 10.4. The summed E-state index contributed by atoms with van der Waals surface area (Å²) in [7, 11) is 0. The number of fused-ring (bicyclic) bond motifs is 3. The van der Waals surface area contributed by atoms with Crippen LogP contribution in [-0.4, -0.2) is 56.3 Å². The summed E-state index contributed by atoms with van der Waals surface area (Å²) in [5.74, 6) is -0.889. The third-order valence-corrected chi connectivity index (χ3v) is 7.33. The second kappa shape index (κ2) is 11.1. The van der Waals surface area contributed by atoms with E-state index >= 15 is 0 Å². The van der Waals surface area contributed by atoms with Gasteiger partial charge in [-0.2, -0.15) is 0 Å². The number of nitrogens with zero attached hydrogens (tertiary/aromatic N) is 4. The Labute approximate surface area is 242 Å². The lowest BCUT2D eigenvalue weighted by Gasteiger charge is -2.23. The van der Waals surface area contributed by atoms with Crippen LogP contribution in [0.5, 0.6) is 5.88 Å². The molecular formula is C30H26F3N5O5. The number of pyridine rings is 1. The van der Waals surface area contributed by atoms with Gasteiger partial charge in [0.1, 0.15) is 29.2 Å². The minimum absolute atomic E-state index is 0.163. The van der Waals surface area contributed by atoms with E-state index in [9.17, 15) is 28.2 Å². The lowest BCUT2D eigenvalue weighted by atomic mass is 10.0. The van der Waals surface area contributed by atoms with Crippen molar-refractivity contribution in [1.29, 1.82) is 0 Å². The van der Waals surface area contributed by atoms with Gasteiger partial charge >= 0.3 is 12.3 Å². The fourth-order valence-corrected chi connectivity index (χ4v) is 5.56. The van der Waals surface area contributed by atoms with Gasteiger partial charge in [0, 0.05) is 29.4 Å². The van der Waals surface area contributed by atoms with Gasteiger partial charge in [-0.1, -0.05) is 24.3 Å². The molecule has 43 heavy (non-hydrogen) atoms. The van der Waals surface area contributed by atoms with Crippen molar-refractivity contribution in [2.75, 3.05) is 16.8 Å². The molecule has 0 spiro atoms. The van der Waals surface area contributed by atoms with Gasteiger partial charge < -0.3 is 29.6 Å². The zero-order valence-electron chi connectivity index (χ0n) is 22.7. The predicted octanol–water partition coefficient (Wildman–Crippen LogP) is 5.75. The van der Waals surface area contributed by atoms with E-state index in [2.05, 4.69) is 25.0 Å². The van der Waals surface area contributed by atoms with Crippen molar-refractivity contribution in [3.63, 3.8) is 0 Å². The van der Waals surface area contributed by atoms with E-state index in [0.29, 0.717) is 46.1 Å². The van der Waals surface area contributed by atoms with Gasteiger partial charge in [-0.25, -0.2) is 19.7 Å². The summed E-state index contributed by atoms with van der Waals surface area (Å²) in [4.78, 5) is 26.8. The lowest BCUT2D eigenvalue weighted by Crippen LogP contribution is -2.36. The highest BCUT2D eigenvalue weighted by Crippen LogP contribution is 2.38. The topological polar surface area (TPSA) is 134 Å². The number of alkyl halides is 3. The number of carboxylic acid groups (broad SMARTS) is 1. The molecule has 1 aliphatic heterocycles. The van der Waals surface area contributed by atoms with Crippen LogP contribution in [0.15, 0.2) is 71.3 Å². The van der Waals surface area contributed by atoms with E-state index in [-0.39, 0.29) is 24.3 Å². The van der Waals surface area contributed by atoms with Crippen molar-refractivity contribution < 1.29 is 37.3 Å². The minimum Gasteiger partial charge on any atom is -0.480 e. The van der Waals surface area contributed by atoms with Crippen LogP contribution in [0.1, 0.15) is 18.7 Å². The molecule has 0 amide bonds. The summed E-state index contributed by atoms with van der Waals surface area (Å²) in [6, 6.07) is 15.9. The number of aliphatic hydroxyl groups excluding tert-OH is 1. The van der Waals surface area contributed by atoms with Gasteiger partial charge in [0.05, 0.1) is 0 Å². The predicted molar refractivity (Wildman–Crippen MR) is 152 cm³/mol. The van der Waals surface area contributed by atoms with Crippen LogP contribution in [0, 0.1) is 12.8 Å². The number of ether oxygens (including phenoxy) is 1. The third kappa shape index (κ3) is 5.89. The Balaban J connectivity index is 1.17. The summed E-state index contributed by atoms with van der Waals surface area (Å²) in [5, 5.41) is 24.7. The highest BCUT2D eigenvalue weighted by atomic mass is 19.4. The maximum absolute atomic E-state index is 12.8. The Morgan fingerprint density at radius 1 is 1.14 bits per heavy atom. The molecule has 13 heteroatoms. The molecule has 0 radical (unpaired) electrons. The third-order valence-electron chi connectivity index (χ3n) is 7.33. The quantitative estimate of drug-likeness (QED) is 0.191. The average molecular weight is 594 g/mol. The van der Waals surface area contributed by atoms with Gasteiger partial charge in [-0.3, -0.25) is 0 Å². The number of hydrogen-bond donors (Lipinski definition) is 3. The Bertz CT molecular complexity index is 1790. The summed E-state index contributed by atoms with van der Waals surface area (Å²) < 4.78 is 48.5. The number of carboxylic acids is 1. The van der Waals surface area contributed by atoms with Crippen molar-refractivity contribution in [2.45, 2.75) is 38.4 Å². The van der Waals surface area contributed by atoms with E-state index < -0.39 is 30.5 Å². The molecule has 3 atom stereocenters. The summed E-state index contributed by atoms with van der Waals surface area (Å²) in [6.07, 6.45) is -4.18. The molecule has 1 aliphatic rings. The second-order valence-corrected chi connectivity index (χ2v) is 10.4. The van der Waals surface area contributed by atoms with Gasteiger partial charge in [-0.15, -0.1) is 13.2 Å². The molecule has 222 valence electrons. The highest BCUT2D eigenvalue weighted by Gasteiger charge is 2.40. The molecule has 6 rings (SSSR count). The number of nitrogens with one attached hydrogen (secondary N) is 1. The number of aliphatic hydroxyl groups is 1. The molecule has 10 nitrogen and oxygen atoms in total. The molecule has 5 aromatic rings. The first-order valence-corrected chi connectivity index (χ1v) is 13.5. The molecule has 1 unspecified atom stereocenters. The molecule has 0 aliphatic carbocycles. The number of aryl methyl sites for hydroxylation is 1.